The molecule has 0 bridgehead atoms. The van der Waals surface area contributed by atoms with E-state index in [-0.39, 0.29) is 19.0 Å². The Morgan fingerprint density at radius 1 is 1.47 bits per heavy atom. The molecule has 0 aliphatic carbocycles. The van der Waals surface area contributed by atoms with Gasteiger partial charge < -0.3 is 4.74 Å². The van der Waals surface area contributed by atoms with Gasteiger partial charge in [-0.3, -0.25) is 14.9 Å². The van der Waals surface area contributed by atoms with Gasteiger partial charge >= 0.3 is 11.7 Å². The third kappa shape index (κ3) is 3.74. The van der Waals surface area contributed by atoms with Crippen LogP contribution in [-0.2, 0) is 14.9 Å². The highest BCUT2D eigenvalue weighted by molar-refractivity contribution is 5.71. The number of ether oxygens (including phenoxy) is 1. The number of carbonyl (C=O) groups excluding carboxylic acids is 1. The Bertz CT molecular complexity index is 499. The van der Waals surface area contributed by atoms with Gasteiger partial charge in [-0.1, -0.05) is 19.9 Å². The van der Waals surface area contributed by atoms with Crippen LogP contribution in [0.3, 0.4) is 0 Å². The molecule has 0 saturated heterocycles. The summed E-state index contributed by atoms with van der Waals surface area (Å²) in [5.41, 5.74) is -0.729. The van der Waals surface area contributed by atoms with E-state index in [4.69, 9.17) is 4.74 Å². The average Bonchev–Trinajstić information content (AvgIpc) is 2.28. The first-order valence-corrected chi connectivity index (χ1v) is 5.88. The van der Waals surface area contributed by atoms with Crippen molar-refractivity contribution >= 4 is 11.7 Å². The molecular formula is C13H16FNO4. The lowest BCUT2D eigenvalue weighted by Crippen LogP contribution is -2.23. The van der Waals surface area contributed by atoms with Gasteiger partial charge in [0.05, 0.1) is 18.0 Å². The second-order valence-corrected chi connectivity index (χ2v) is 4.79. The highest BCUT2D eigenvalue weighted by Crippen LogP contribution is 2.31. The SMILES string of the molecule is CCOC(=O)CC(C)(C)c1ccc(F)c([N+](=O)[O-])c1. The Morgan fingerprint density at radius 2 is 2.11 bits per heavy atom. The number of nitro groups is 1. The van der Waals surface area contributed by atoms with Gasteiger partial charge in [-0.25, -0.2) is 0 Å². The predicted molar refractivity (Wildman–Crippen MR) is 67.3 cm³/mol. The predicted octanol–water partition coefficient (Wildman–Crippen LogP) is 2.96. The Hall–Kier alpha value is -1.98. The van der Waals surface area contributed by atoms with Crippen LogP contribution in [0.1, 0.15) is 32.8 Å². The largest absolute Gasteiger partial charge is 0.466 e. The maximum absolute atomic E-state index is 13.3. The van der Waals surface area contributed by atoms with E-state index in [0.717, 1.165) is 12.1 Å². The molecule has 0 aliphatic rings. The Labute approximate surface area is 110 Å². The van der Waals surface area contributed by atoms with E-state index >= 15 is 0 Å². The minimum Gasteiger partial charge on any atom is -0.466 e. The molecule has 0 atom stereocenters. The summed E-state index contributed by atoms with van der Waals surface area (Å²) in [6.45, 7) is 5.48. The number of rotatable bonds is 5. The van der Waals surface area contributed by atoms with Gasteiger partial charge in [0.15, 0.2) is 0 Å². The van der Waals surface area contributed by atoms with Gasteiger partial charge in [-0.2, -0.15) is 4.39 Å². The van der Waals surface area contributed by atoms with E-state index in [2.05, 4.69) is 0 Å². The van der Waals surface area contributed by atoms with E-state index in [9.17, 15) is 19.3 Å². The summed E-state index contributed by atoms with van der Waals surface area (Å²) in [6, 6.07) is 3.65. The second kappa shape index (κ2) is 5.77. The van der Waals surface area contributed by atoms with E-state index in [0.29, 0.717) is 5.56 Å². The molecule has 0 heterocycles. The first kappa shape index (κ1) is 15.1. The monoisotopic (exact) mass is 269 g/mol. The normalized spacial score (nSPS) is 11.2. The molecule has 0 spiro atoms. The summed E-state index contributed by atoms with van der Waals surface area (Å²) in [5, 5.41) is 10.7. The van der Waals surface area contributed by atoms with Crippen molar-refractivity contribution in [2.75, 3.05) is 6.61 Å². The number of hydrogen-bond acceptors (Lipinski definition) is 4. The molecule has 6 heteroatoms. The second-order valence-electron chi connectivity index (χ2n) is 4.79. The van der Waals surface area contributed by atoms with Gasteiger partial charge in [-0.15, -0.1) is 0 Å². The van der Waals surface area contributed by atoms with Crippen molar-refractivity contribution in [3.63, 3.8) is 0 Å². The summed E-state index contributed by atoms with van der Waals surface area (Å²) in [7, 11) is 0. The van der Waals surface area contributed by atoms with Crippen molar-refractivity contribution in [3.05, 3.63) is 39.7 Å². The number of carbonyl (C=O) groups is 1. The van der Waals surface area contributed by atoms with Gasteiger partial charge in [0.25, 0.3) is 0 Å². The van der Waals surface area contributed by atoms with E-state index in [1.807, 2.05) is 0 Å². The van der Waals surface area contributed by atoms with Gasteiger partial charge in [0, 0.05) is 11.5 Å². The van der Waals surface area contributed by atoms with Gasteiger partial charge in [-0.05, 0) is 18.6 Å². The van der Waals surface area contributed by atoms with Crippen LogP contribution in [0.2, 0.25) is 0 Å². The number of halogens is 1. The van der Waals surface area contributed by atoms with E-state index in [1.165, 1.54) is 6.07 Å². The zero-order chi connectivity index (χ0) is 14.6. The van der Waals surface area contributed by atoms with Crippen LogP contribution < -0.4 is 0 Å². The van der Waals surface area contributed by atoms with Crippen LogP contribution in [-0.4, -0.2) is 17.5 Å². The molecule has 0 amide bonds. The summed E-state index contributed by atoms with van der Waals surface area (Å²) in [5.74, 6) is -1.28. The Balaban J connectivity index is 3.04. The minimum absolute atomic E-state index is 0.0730. The lowest BCUT2D eigenvalue weighted by molar-refractivity contribution is -0.387. The number of nitrogens with zero attached hydrogens (tertiary/aromatic N) is 1. The molecular weight excluding hydrogens is 253 g/mol. The molecule has 1 aromatic carbocycles. The quantitative estimate of drug-likeness (QED) is 0.468. The van der Waals surface area contributed by atoms with Crippen molar-refractivity contribution in [3.8, 4) is 0 Å². The number of benzene rings is 1. The third-order valence-corrected chi connectivity index (χ3v) is 2.82. The molecule has 0 N–H and O–H groups in total. The van der Waals surface area contributed by atoms with Crippen molar-refractivity contribution in [1.82, 2.24) is 0 Å². The number of hydrogen-bond donors (Lipinski definition) is 0. The van der Waals surface area contributed by atoms with E-state index < -0.39 is 21.8 Å². The van der Waals surface area contributed by atoms with E-state index in [1.54, 1.807) is 20.8 Å². The van der Waals surface area contributed by atoms with Crippen molar-refractivity contribution in [2.24, 2.45) is 0 Å². The maximum Gasteiger partial charge on any atom is 0.306 e. The molecule has 0 aromatic heterocycles. The molecule has 5 nitrogen and oxygen atoms in total. The molecule has 1 aromatic rings. The van der Waals surface area contributed by atoms with Gasteiger partial charge in [0.2, 0.25) is 5.82 Å². The fourth-order valence-electron chi connectivity index (χ4n) is 1.75. The summed E-state index contributed by atoms with van der Waals surface area (Å²) in [6.07, 6.45) is 0.0730. The molecule has 0 fully saturated rings. The fourth-order valence-corrected chi connectivity index (χ4v) is 1.75. The van der Waals surface area contributed by atoms with Crippen LogP contribution in [0.4, 0.5) is 10.1 Å². The maximum atomic E-state index is 13.3. The van der Waals surface area contributed by atoms with Crippen molar-refractivity contribution in [2.45, 2.75) is 32.6 Å². The molecule has 0 unspecified atom stereocenters. The van der Waals surface area contributed by atoms with Crippen LogP contribution >= 0.6 is 0 Å². The Morgan fingerprint density at radius 3 is 2.63 bits per heavy atom. The Kier molecular flexibility index (Phi) is 4.58. The zero-order valence-electron chi connectivity index (χ0n) is 11.1. The lowest BCUT2D eigenvalue weighted by atomic mass is 9.81. The van der Waals surface area contributed by atoms with Crippen molar-refractivity contribution < 1.29 is 18.8 Å². The molecule has 104 valence electrons. The first-order valence-electron chi connectivity index (χ1n) is 5.88. The number of nitro benzene ring substituents is 1. The molecule has 0 saturated carbocycles. The summed E-state index contributed by atoms with van der Waals surface area (Å²) in [4.78, 5) is 21.4. The highest BCUT2D eigenvalue weighted by Gasteiger charge is 2.28. The molecule has 0 aliphatic heterocycles. The molecule has 1 rings (SSSR count). The van der Waals surface area contributed by atoms with Crippen LogP contribution in [0, 0.1) is 15.9 Å². The van der Waals surface area contributed by atoms with Gasteiger partial charge in [0.1, 0.15) is 0 Å². The topological polar surface area (TPSA) is 69.4 Å². The average molecular weight is 269 g/mol. The smallest absolute Gasteiger partial charge is 0.306 e. The van der Waals surface area contributed by atoms with Crippen LogP contribution in [0.5, 0.6) is 0 Å². The summed E-state index contributed by atoms with van der Waals surface area (Å²) >= 11 is 0. The third-order valence-electron chi connectivity index (χ3n) is 2.82. The lowest BCUT2D eigenvalue weighted by Gasteiger charge is -2.23. The highest BCUT2D eigenvalue weighted by atomic mass is 19.1. The van der Waals surface area contributed by atoms with Crippen molar-refractivity contribution in [1.29, 1.82) is 0 Å². The summed E-state index contributed by atoms with van der Waals surface area (Å²) < 4.78 is 18.1. The van der Waals surface area contributed by atoms with Crippen LogP contribution in [0.25, 0.3) is 0 Å². The zero-order valence-corrected chi connectivity index (χ0v) is 11.1. The van der Waals surface area contributed by atoms with Crippen LogP contribution in [0.15, 0.2) is 18.2 Å². The fraction of sp³-hybridized carbons (Fsp3) is 0.462. The molecule has 0 radical (unpaired) electrons. The standard InChI is InChI=1S/C13H16FNO4/c1-4-19-12(16)8-13(2,3)9-5-6-10(14)11(7-9)15(17)18/h5-7H,4,8H2,1-3H3. The first-order chi connectivity index (χ1) is 8.77. The molecule has 19 heavy (non-hydrogen) atoms. The number of esters is 1. The minimum atomic E-state index is -0.888.